The molecular weight excluding hydrogens is 805 g/mol. The molecule has 0 amide bonds. The lowest BCUT2D eigenvalue weighted by molar-refractivity contribution is 0.729. The maximum atomic E-state index is 10.7. The van der Waals surface area contributed by atoms with Gasteiger partial charge in [0.1, 0.15) is 0 Å². The van der Waals surface area contributed by atoms with Crippen molar-refractivity contribution in [1.82, 2.24) is 0 Å². The topological polar surface area (TPSA) is 143 Å². The van der Waals surface area contributed by atoms with Crippen LogP contribution in [0, 0.1) is 68.0 Å². The third kappa shape index (κ3) is 8.49. The number of nitriles is 6. The Kier molecular flexibility index (Phi) is 14.3. The molecule has 0 heterocycles. The summed E-state index contributed by atoms with van der Waals surface area (Å²) in [6, 6.07) is 51.6. The molecule has 1 aliphatic rings. The van der Waals surface area contributed by atoms with E-state index >= 15 is 0 Å². The summed E-state index contributed by atoms with van der Waals surface area (Å²) in [5, 5.41) is 63.8. The van der Waals surface area contributed by atoms with Crippen molar-refractivity contribution >= 4 is 0 Å². The zero-order chi connectivity index (χ0) is 47.1. The van der Waals surface area contributed by atoms with E-state index in [1.54, 1.807) is 12.1 Å². The van der Waals surface area contributed by atoms with E-state index < -0.39 is 0 Å². The summed E-state index contributed by atoms with van der Waals surface area (Å²) >= 11 is 0. The summed E-state index contributed by atoms with van der Waals surface area (Å²) in [5.41, 5.74) is 14.6. The molecule has 0 aliphatic heterocycles. The minimum atomic E-state index is -0.191. The van der Waals surface area contributed by atoms with Gasteiger partial charge in [0.25, 0.3) is 0 Å². The van der Waals surface area contributed by atoms with Gasteiger partial charge in [0.2, 0.25) is 0 Å². The normalized spacial score (nSPS) is 18.7. The Hall–Kier alpha value is -7.74. The second-order valence-electron chi connectivity index (χ2n) is 17.5. The fourth-order valence-electron chi connectivity index (χ4n) is 11.0. The Morgan fingerprint density at radius 3 is 0.727 bits per heavy atom. The van der Waals surface area contributed by atoms with Gasteiger partial charge < -0.3 is 0 Å². The van der Waals surface area contributed by atoms with Crippen LogP contribution < -0.4 is 0 Å². The highest BCUT2D eigenvalue weighted by atomic mass is 14.4. The molecule has 7 rings (SSSR count). The van der Waals surface area contributed by atoms with Crippen LogP contribution in [0.1, 0.15) is 216 Å². The molecular formula is C60H54N6. The minimum Gasteiger partial charge on any atom is -0.192 e. The van der Waals surface area contributed by atoms with Gasteiger partial charge in [0.15, 0.2) is 0 Å². The highest BCUT2D eigenvalue weighted by Gasteiger charge is 2.29. The van der Waals surface area contributed by atoms with Crippen LogP contribution >= 0.6 is 0 Å². The Balaban J connectivity index is 1.57. The van der Waals surface area contributed by atoms with E-state index in [2.05, 4.69) is 151 Å². The van der Waals surface area contributed by atoms with Crippen LogP contribution in [0.5, 0.6) is 0 Å². The van der Waals surface area contributed by atoms with Crippen molar-refractivity contribution in [3.05, 3.63) is 209 Å². The van der Waals surface area contributed by atoms with Crippen LogP contribution in [0.2, 0.25) is 0 Å². The van der Waals surface area contributed by atoms with Crippen molar-refractivity contribution in [3.63, 3.8) is 0 Å². The highest BCUT2D eigenvalue weighted by Crippen LogP contribution is 2.44. The molecule has 66 heavy (non-hydrogen) atoms. The first-order chi connectivity index (χ1) is 32.2. The van der Waals surface area contributed by atoms with Crippen LogP contribution in [0.25, 0.3) is 0 Å². The Morgan fingerprint density at radius 1 is 0.273 bits per heavy atom. The molecule has 6 heteroatoms. The zero-order valence-corrected chi connectivity index (χ0v) is 38.8. The molecule has 6 aromatic rings. The minimum absolute atomic E-state index is 0.127. The summed E-state index contributed by atoms with van der Waals surface area (Å²) in [7, 11) is 0. The first kappa shape index (κ1) is 46.3. The van der Waals surface area contributed by atoms with Crippen molar-refractivity contribution in [2.75, 3.05) is 0 Å². The van der Waals surface area contributed by atoms with Gasteiger partial charge in [-0.1, -0.05) is 126 Å². The second-order valence-corrected chi connectivity index (χ2v) is 17.5. The predicted octanol–water partition coefficient (Wildman–Crippen LogP) is 14.5. The third-order valence-electron chi connectivity index (χ3n) is 14.3. The van der Waals surface area contributed by atoms with Crippen LogP contribution in [0.15, 0.2) is 109 Å². The maximum Gasteiger partial charge on any atom is 0.0995 e. The van der Waals surface area contributed by atoms with Gasteiger partial charge in [-0.15, -0.1) is 0 Å². The number of hydrogen-bond donors (Lipinski definition) is 0. The lowest BCUT2D eigenvalue weighted by Gasteiger charge is -2.27. The second kappa shape index (κ2) is 20.4. The number of fused-ring (bicyclic) bond motifs is 12. The molecule has 1 aliphatic carbocycles. The molecule has 324 valence electrons. The van der Waals surface area contributed by atoms with Crippen molar-refractivity contribution in [2.24, 2.45) is 0 Å². The van der Waals surface area contributed by atoms with E-state index in [0.29, 0.717) is 59.1 Å². The van der Waals surface area contributed by atoms with Crippen molar-refractivity contribution < 1.29 is 0 Å². The summed E-state index contributed by atoms with van der Waals surface area (Å²) < 4.78 is 0. The smallest absolute Gasteiger partial charge is 0.0995 e. The molecule has 6 nitrogen and oxygen atoms in total. The van der Waals surface area contributed by atoms with E-state index in [1.165, 1.54) is 0 Å². The summed E-state index contributed by atoms with van der Waals surface area (Å²) in [6.45, 7) is 12.8. The Bertz CT molecular complexity index is 2870. The van der Waals surface area contributed by atoms with Crippen molar-refractivity contribution in [2.45, 2.75) is 116 Å². The predicted molar refractivity (Wildman–Crippen MR) is 260 cm³/mol. The molecule has 0 fully saturated rings. The average Bonchev–Trinajstić information content (AvgIpc) is 3.35. The van der Waals surface area contributed by atoms with Gasteiger partial charge in [0, 0.05) is 35.5 Å². The van der Waals surface area contributed by atoms with Gasteiger partial charge in [-0.25, -0.2) is 0 Å². The number of rotatable bonds is 6. The van der Waals surface area contributed by atoms with Crippen LogP contribution in [-0.4, -0.2) is 0 Å². The largest absolute Gasteiger partial charge is 0.192 e. The quantitative estimate of drug-likeness (QED) is 0.163. The fourth-order valence-corrected chi connectivity index (χ4v) is 11.0. The van der Waals surface area contributed by atoms with Crippen LogP contribution in [-0.2, 0) is 0 Å². The van der Waals surface area contributed by atoms with Gasteiger partial charge in [0.05, 0.1) is 69.8 Å². The SMILES string of the molecule is CCC1c2cccc(c2)C(CC)c2cc(c(C#N)cc2C#N)C(CC)c2ccc(C#N)c(c2)C(CC)c2cccc(c2)C(CC)c2cc(c(C#N)cc2C#N)C(CC)c2ccc(C#N)c1c2. The summed E-state index contributed by atoms with van der Waals surface area (Å²) in [6.07, 6.45) is 4.24. The number of hydrogen-bond acceptors (Lipinski definition) is 6. The lowest BCUT2D eigenvalue weighted by atomic mass is 9.76. The lowest BCUT2D eigenvalue weighted by Crippen LogP contribution is -2.12. The van der Waals surface area contributed by atoms with Crippen molar-refractivity contribution in [1.29, 1.82) is 31.6 Å². The van der Waals surface area contributed by atoms with Gasteiger partial charge in [-0.05, 0) is 130 Å². The Morgan fingerprint density at radius 2 is 0.500 bits per heavy atom. The van der Waals surface area contributed by atoms with Gasteiger partial charge in [-0.2, -0.15) is 31.6 Å². The highest BCUT2D eigenvalue weighted by molar-refractivity contribution is 5.60. The monoisotopic (exact) mass is 858 g/mol. The molecule has 6 atom stereocenters. The number of benzene rings is 6. The zero-order valence-electron chi connectivity index (χ0n) is 38.8. The van der Waals surface area contributed by atoms with Crippen molar-refractivity contribution in [3.8, 4) is 36.4 Å². The fraction of sp³-hybridized carbons (Fsp3) is 0.300. The average molecular weight is 859 g/mol. The molecule has 0 saturated carbocycles. The molecule has 6 aromatic carbocycles. The van der Waals surface area contributed by atoms with Gasteiger partial charge >= 0.3 is 0 Å². The molecule has 6 unspecified atom stereocenters. The van der Waals surface area contributed by atoms with Crippen LogP contribution in [0.3, 0.4) is 0 Å². The number of nitrogens with zero attached hydrogens (tertiary/aromatic N) is 6. The molecule has 12 bridgehead atoms. The Labute approximate surface area is 391 Å². The third-order valence-corrected chi connectivity index (χ3v) is 14.3. The van der Waals surface area contributed by atoms with E-state index in [4.69, 9.17) is 0 Å². The molecule has 0 radical (unpaired) electrons. The standard InChI is InChI=1S/C60H54N6/c1-7-49-37-15-13-17-39(23-37)51(9-3)57-29-60(48(36-66)25-45(57)33-63)54(12-6)42-20-22-44(32-62)56(28-42)50(8-2)38-16-14-18-40(24-38)52(10-4)58-30-59(47(35-65)26-46(58)34-64)53(11-5)41-19-21-43(31-61)55(49)27-41/h13-30,49-54H,7-12H2,1-6H3. The van der Waals surface area contributed by atoms with Crippen LogP contribution in [0.4, 0.5) is 0 Å². The maximum absolute atomic E-state index is 10.7. The molecule has 0 spiro atoms. The molecule has 0 aromatic heterocycles. The molecule has 0 saturated heterocycles. The first-order valence-electron chi connectivity index (χ1n) is 23.4. The van der Waals surface area contributed by atoms with Gasteiger partial charge in [-0.3, -0.25) is 0 Å². The first-order valence-corrected chi connectivity index (χ1v) is 23.4. The summed E-state index contributed by atoms with van der Waals surface area (Å²) in [5.74, 6) is -0.955. The van der Waals surface area contributed by atoms with E-state index in [9.17, 15) is 31.6 Å². The van der Waals surface area contributed by atoms with E-state index in [1.807, 2.05) is 24.3 Å². The summed E-state index contributed by atoms with van der Waals surface area (Å²) in [4.78, 5) is 0. The van der Waals surface area contributed by atoms with E-state index in [-0.39, 0.29) is 35.5 Å². The molecule has 0 N–H and O–H groups in total. The van der Waals surface area contributed by atoms with E-state index in [0.717, 1.165) is 79.6 Å².